The summed E-state index contributed by atoms with van der Waals surface area (Å²) in [4.78, 5) is 0. The first-order valence-electron chi connectivity index (χ1n) is 0.858. The molecule has 0 spiro atoms. The van der Waals surface area contributed by atoms with Crippen LogP contribution in [0.25, 0.3) is 0 Å². The number of hydrogen-bond donors (Lipinski definition) is 0. The Kier molecular flexibility index (Phi) is 1.74. The Morgan fingerprint density at radius 1 is 1.50 bits per heavy atom. The van der Waals surface area contributed by atoms with Gasteiger partial charge >= 0.3 is 33.9 Å². The fraction of sp³-hybridized carbons (Fsp3) is 0. The third-order valence-corrected chi connectivity index (χ3v) is 0.417. The topological polar surface area (TPSA) is 26.3 Å². The van der Waals surface area contributed by atoms with Crippen LogP contribution in [0.15, 0.2) is 0 Å². The van der Waals surface area contributed by atoms with E-state index in [0.29, 0.717) is 0 Å². The van der Waals surface area contributed by atoms with Gasteiger partial charge in [0.1, 0.15) is 0 Å². The minimum absolute atomic E-state index is 1.72. The zero-order valence-electron chi connectivity index (χ0n) is 2.40. The summed E-state index contributed by atoms with van der Waals surface area (Å²) >= 11 is -6.33. The Bertz CT molecular complexity index is 72.9. The number of hydrogen-bond acceptors (Lipinski definition) is 2. The molecule has 0 aliphatic rings. The van der Waals surface area contributed by atoms with Crippen LogP contribution in [-0.2, 0) is 7.67 Å². The van der Waals surface area contributed by atoms with E-state index in [2.05, 4.69) is 0 Å². The van der Waals surface area contributed by atoms with Gasteiger partial charge < -0.3 is 0 Å². The van der Waals surface area contributed by atoms with Gasteiger partial charge in [0.25, 0.3) is 0 Å². The molecular weight excluding hydrogens is 164 g/mol. The molecule has 0 amide bonds. The summed E-state index contributed by atoms with van der Waals surface area (Å²) in [5, 5.41) is 0. The maximum atomic E-state index is 10.5. The van der Waals surface area contributed by atoms with E-state index < -0.39 is 14.8 Å². The molecule has 6 heavy (non-hydrogen) atoms. The van der Waals surface area contributed by atoms with Crippen LogP contribution in [-0.4, -0.2) is 14.8 Å². The normalized spacial score (nSPS) is 11.8. The summed E-state index contributed by atoms with van der Waals surface area (Å²) in [5.41, 5.74) is 0. The summed E-state index contributed by atoms with van der Waals surface area (Å²) in [6, 6.07) is 0. The first-order valence-corrected chi connectivity index (χ1v) is 3.81. The molecule has 0 unspecified atom stereocenters. The van der Waals surface area contributed by atoms with Crippen LogP contribution in [0.1, 0.15) is 0 Å². The van der Waals surface area contributed by atoms with Crippen molar-refractivity contribution in [1.82, 2.24) is 0 Å². The molecule has 0 atom stereocenters. The Labute approximate surface area is 34.8 Å². The zero-order chi connectivity index (χ0) is 5.21. The molecule has 0 heterocycles. The standard InChI is InChI=1S/AsF3O2/c2-1(3,5)6-4. The van der Waals surface area contributed by atoms with E-state index in [0.717, 1.165) is 0 Å². The molecule has 0 aliphatic carbocycles. The van der Waals surface area contributed by atoms with Gasteiger partial charge in [-0.1, -0.05) is 0 Å². The summed E-state index contributed by atoms with van der Waals surface area (Å²) in [5.74, 6) is 0. The molecule has 0 N–H and O–H groups in total. The van der Waals surface area contributed by atoms with Crippen LogP contribution in [0.4, 0.5) is 11.5 Å². The van der Waals surface area contributed by atoms with Crippen LogP contribution >= 0.6 is 0 Å². The van der Waals surface area contributed by atoms with Crippen molar-refractivity contribution in [3.05, 3.63) is 0 Å². The number of halogens is 3. The van der Waals surface area contributed by atoms with Crippen LogP contribution in [0.3, 0.4) is 0 Å². The van der Waals surface area contributed by atoms with E-state index in [1.54, 1.807) is 3.93 Å². The number of rotatable bonds is 1. The van der Waals surface area contributed by atoms with Crippen molar-refractivity contribution in [3.8, 4) is 0 Å². The van der Waals surface area contributed by atoms with Gasteiger partial charge in [-0.05, 0) is 0 Å². The molecular formula is AsF3O2. The molecule has 38 valence electrons. The summed E-state index contributed by atoms with van der Waals surface area (Å²) in [6.45, 7) is 0. The van der Waals surface area contributed by atoms with E-state index >= 15 is 0 Å². The first-order chi connectivity index (χ1) is 2.56. The van der Waals surface area contributed by atoms with Crippen LogP contribution in [0.5, 0.6) is 0 Å². The van der Waals surface area contributed by atoms with Crippen molar-refractivity contribution in [1.29, 1.82) is 0 Å². The summed E-state index contributed by atoms with van der Waals surface area (Å²) in [7, 11) is 0. The predicted molar refractivity (Wildman–Crippen MR) is 10.8 cm³/mol. The average molecular weight is 164 g/mol. The Morgan fingerprint density at radius 3 is 1.67 bits per heavy atom. The summed E-state index contributed by atoms with van der Waals surface area (Å²) < 4.78 is 41.4. The van der Waals surface area contributed by atoms with Crippen molar-refractivity contribution < 1.29 is 19.1 Å². The van der Waals surface area contributed by atoms with Gasteiger partial charge in [0.15, 0.2) is 0 Å². The molecule has 0 rings (SSSR count). The SMILES string of the molecule is O=[As](F)(F)OF. The molecule has 0 saturated heterocycles. The van der Waals surface area contributed by atoms with Gasteiger partial charge in [-0.25, -0.2) is 0 Å². The Hall–Kier alpha value is 0.108. The van der Waals surface area contributed by atoms with E-state index in [-0.39, 0.29) is 0 Å². The van der Waals surface area contributed by atoms with Gasteiger partial charge in [-0.15, -0.1) is 0 Å². The molecule has 0 fully saturated rings. The predicted octanol–water partition coefficient (Wildman–Crippen LogP) is 0.693. The van der Waals surface area contributed by atoms with Crippen molar-refractivity contribution >= 4 is 14.8 Å². The molecule has 0 aromatic rings. The molecule has 0 radical (unpaired) electrons. The Balaban J connectivity index is 3.48. The van der Waals surface area contributed by atoms with E-state index in [4.69, 9.17) is 3.74 Å². The van der Waals surface area contributed by atoms with Gasteiger partial charge in [0.05, 0.1) is 0 Å². The van der Waals surface area contributed by atoms with Gasteiger partial charge in [-0.2, -0.15) is 0 Å². The van der Waals surface area contributed by atoms with E-state index in [1.807, 2.05) is 0 Å². The average Bonchev–Trinajstić information content (AvgIpc) is 1.35. The fourth-order valence-electron chi connectivity index (χ4n) is 0. The van der Waals surface area contributed by atoms with Crippen LogP contribution in [0.2, 0.25) is 0 Å². The third kappa shape index (κ3) is 4.11. The maximum absolute atomic E-state index is 10.5. The van der Waals surface area contributed by atoms with Crippen LogP contribution in [0, 0.1) is 0 Å². The third-order valence-electron chi connectivity index (χ3n) is 0.0803. The second-order valence-electron chi connectivity index (χ2n) is 0.483. The second-order valence-corrected chi connectivity index (χ2v) is 2.51. The Morgan fingerprint density at radius 2 is 1.67 bits per heavy atom. The van der Waals surface area contributed by atoms with Gasteiger partial charge in [-0.3, -0.25) is 0 Å². The second kappa shape index (κ2) is 1.71. The van der Waals surface area contributed by atoms with Gasteiger partial charge in [0, 0.05) is 0 Å². The molecule has 0 aromatic carbocycles. The molecule has 0 saturated carbocycles. The van der Waals surface area contributed by atoms with Gasteiger partial charge in [0.2, 0.25) is 0 Å². The van der Waals surface area contributed by atoms with Crippen molar-refractivity contribution in [2.75, 3.05) is 0 Å². The first kappa shape index (κ1) is 6.11. The van der Waals surface area contributed by atoms with E-state index in [1.165, 1.54) is 0 Å². The zero-order valence-corrected chi connectivity index (χ0v) is 4.27. The monoisotopic (exact) mass is 164 g/mol. The minimum atomic E-state index is -6.33. The summed E-state index contributed by atoms with van der Waals surface area (Å²) in [6.07, 6.45) is 0. The molecule has 0 aromatic heterocycles. The molecule has 0 aliphatic heterocycles. The van der Waals surface area contributed by atoms with Crippen molar-refractivity contribution in [2.24, 2.45) is 0 Å². The quantitative estimate of drug-likeness (QED) is 0.533. The van der Waals surface area contributed by atoms with Crippen molar-refractivity contribution in [3.63, 3.8) is 0 Å². The van der Waals surface area contributed by atoms with E-state index in [9.17, 15) is 11.5 Å². The molecule has 0 bridgehead atoms. The molecule has 2 nitrogen and oxygen atoms in total. The molecule has 6 heteroatoms. The van der Waals surface area contributed by atoms with Crippen LogP contribution < -0.4 is 0 Å². The van der Waals surface area contributed by atoms with Crippen molar-refractivity contribution in [2.45, 2.75) is 0 Å². The fourth-order valence-corrected chi connectivity index (χ4v) is 0.